The fourth-order valence-electron chi connectivity index (χ4n) is 10.7. The van der Waals surface area contributed by atoms with Gasteiger partial charge in [0.2, 0.25) is 0 Å². The number of pyridine rings is 2. The number of amides is 1. The molecule has 6 rings (SSSR count). The number of nitrogens with zero attached hydrogens (tertiary/aromatic N) is 6. The fraction of sp³-hybridized carbons (Fsp3) is 0.694. The predicted molar refractivity (Wildman–Crippen MR) is 244 cm³/mol. The van der Waals surface area contributed by atoms with Crippen LogP contribution < -0.4 is 0 Å². The number of esters is 2. The van der Waals surface area contributed by atoms with Gasteiger partial charge in [0.1, 0.15) is 24.1 Å². The van der Waals surface area contributed by atoms with Crippen molar-refractivity contribution in [2.45, 2.75) is 167 Å². The zero-order chi connectivity index (χ0) is 48.1. The smallest absolute Gasteiger partial charge is 0.410 e. The van der Waals surface area contributed by atoms with E-state index in [0.29, 0.717) is 43.6 Å². The molecule has 3 aromatic heterocycles. The normalized spacial score (nSPS) is 34.7. The SMILES string of the molecule is CC[C@H]1OC(=O)[C@H](C)[C@@H](OC(=O)Cc2cccnc2)[C@H](C)[C@@H](O[C@H]2O[C@@H](C)C[C@@H](N(C)CC)[C@@H]2O)[C@](C)(OC)C[C@@H](C)C(=O)[C@H](C)[C@H]2N(CCCCn3cnc4ncccc43)C(=O)O[C@]12C. The lowest BCUT2D eigenvalue weighted by Gasteiger charge is -2.48. The Balaban J connectivity index is 1.37. The van der Waals surface area contributed by atoms with E-state index in [0.717, 1.165) is 5.52 Å². The van der Waals surface area contributed by atoms with Crippen LogP contribution in [0.2, 0.25) is 0 Å². The number of aliphatic hydroxyl groups is 1. The highest BCUT2D eigenvalue weighted by atomic mass is 16.7. The number of aromatic nitrogens is 4. The average Bonchev–Trinajstić information content (AvgIpc) is 3.83. The molecule has 0 bridgehead atoms. The summed E-state index contributed by atoms with van der Waals surface area (Å²) < 4.78 is 40.7. The van der Waals surface area contributed by atoms with Gasteiger partial charge in [-0.15, -0.1) is 0 Å². The first-order valence-corrected chi connectivity index (χ1v) is 23.7. The number of ketones is 1. The molecule has 0 aromatic carbocycles. The van der Waals surface area contributed by atoms with Crippen molar-refractivity contribution in [3.05, 3.63) is 54.7 Å². The minimum absolute atomic E-state index is 0.122. The number of hydrogen-bond donors (Lipinski definition) is 1. The van der Waals surface area contributed by atoms with E-state index in [2.05, 4.69) is 15.0 Å². The van der Waals surface area contributed by atoms with Crippen LogP contribution in [-0.4, -0.2) is 146 Å². The monoisotopic (exact) mass is 921 g/mol. The first kappa shape index (κ1) is 50.9. The molecular weight excluding hydrogens is 849 g/mol. The van der Waals surface area contributed by atoms with E-state index in [1.54, 1.807) is 69.6 Å². The molecule has 0 aliphatic carbocycles. The van der Waals surface area contributed by atoms with Crippen molar-refractivity contribution in [1.82, 2.24) is 29.3 Å². The Labute approximate surface area is 389 Å². The lowest BCUT2D eigenvalue weighted by Crippen LogP contribution is -2.61. The van der Waals surface area contributed by atoms with Crippen molar-refractivity contribution in [3.63, 3.8) is 0 Å². The Morgan fingerprint density at radius 2 is 1.73 bits per heavy atom. The first-order chi connectivity index (χ1) is 31.4. The molecule has 3 fully saturated rings. The Morgan fingerprint density at radius 1 is 1.00 bits per heavy atom. The number of carbonyl (C=O) groups excluding carboxylic acids is 4. The van der Waals surface area contributed by atoms with Gasteiger partial charge in [-0.2, -0.15) is 0 Å². The van der Waals surface area contributed by atoms with Gasteiger partial charge in [0.15, 0.2) is 17.5 Å². The van der Waals surface area contributed by atoms with E-state index in [-0.39, 0.29) is 43.7 Å². The minimum Gasteiger partial charge on any atom is -0.461 e. The molecule has 3 aliphatic heterocycles. The minimum atomic E-state index is -1.44. The van der Waals surface area contributed by atoms with Crippen molar-refractivity contribution in [2.24, 2.45) is 23.7 Å². The molecule has 6 heterocycles. The van der Waals surface area contributed by atoms with Gasteiger partial charge in [0.25, 0.3) is 0 Å². The highest BCUT2D eigenvalue weighted by Gasteiger charge is 2.60. The summed E-state index contributed by atoms with van der Waals surface area (Å²) in [5.74, 6) is -4.80. The summed E-state index contributed by atoms with van der Waals surface area (Å²) >= 11 is 0. The molecule has 17 nitrogen and oxygen atoms in total. The van der Waals surface area contributed by atoms with Crippen molar-refractivity contribution in [1.29, 1.82) is 0 Å². The Bertz CT molecular complexity index is 2120. The number of rotatable bonds is 14. The van der Waals surface area contributed by atoms with Gasteiger partial charge in [-0.3, -0.25) is 19.4 Å². The van der Waals surface area contributed by atoms with Crippen molar-refractivity contribution >= 4 is 35.0 Å². The molecule has 0 radical (unpaired) electrons. The van der Waals surface area contributed by atoms with Crippen LogP contribution in [0.4, 0.5) is 4.79 Å². The zero-order valence-electron chi connectivity index (χ0n) is 40.6. The molecule has 0 spiro atoms. The zero-order valence-corrected chi connectivity index (χ0v) is 40.6. The topological polar surface area (TPSA) is 194 Å². The summed E-state index contributed by atoms with van der Waals surface area (Å²) in [7, 11) is 3.46. The van der Waals surface area contributed by atoms with Gasteiger partial charge in [-0.05, 0) is 97.2 Å². The van der Waals surface area contributed by atoms with Crippen molar-refractivity contribution in [2.75, 3.05) is 27.2 Å². The van der Waals surface area contributed by atoms with Crippen LogP contribution >= 0.6 is 0 Å². The van der Waals surface area contributed by atoms with Gasteiger partial charge in [0, 0.05) is 62.6 Å². The standard InChI is InChI=1S/C49H72N6O11/c1-12-37-49(9)42(55(47(60)66-49)23-15-14-22-54-28-52-44-35(54)19-17-21-51-44)31(5)39(57)29(3)26-48(8,61-11)43(65-46-40(58)36(53(10)13-2)24-30(4)62-46)32(6)41(33(7)45(59)63-37)64-38(56)25-34-18-16-20-50-27-34/h16-21,27-33,36-37,40-43,46,58H,12-15,22-26H2,1-11H3/t29-,30+,31+,32+,33-,36-,37-,40+,41+,42-,43-,46-,48-,49-/m1/s1. The van der Waals surface area contributed by atoms with Gasteiger partial charge in [0.05, 0.1) is 48.0 Å². The highest BCUT2D eigenvalue weighted by molar-refractivity contribution is 5.85. The molecule has 1 N–H and O–H groups in total. The van der Waals surface area contributed by atoms with Crippen molar-refractivity contribution < 1.29 is 52.7 Å². The third kappa shape index (κ3) is 10.8. The summed E-state index contributed by atoms with van der Waals surface area (Å²) in [5, 5.41) is 11.9. The molecule has 17 heteroatoms. The Kier molecular flexibility index (Phi) is 16.6. The second-order valence-electron chi connectivity index (χ2n) is 19.2. The molecule has 0 unspecified atom stereocenters. The van der Waals surface area contributed by atoms with E-state index < -0.39 is 89.7 Å². The third-order valence-electron chi connectivity index (χ3n) is 14.5. The number of carbonyl (C=O) groups is 4. The van der Waals surface area contributed by atoms with E-state index in [4.69, 9.17) is 28.4 Å². The molecule has 364 valence electrons. The van der Waals surface area contributed by atoms with Crippen LogP contribution in [0.1, 0.15) is 100.0 Å². The van der Waals surface area contributed by atoms with Gasteiger partial charge in [-0.25, -0.2) is 14.8 Å². The average molecular weight is 921 g/mol. The van der Waals surface area contributed by atoms with E-state index >= 15 is 4.79 Å². The number of aryl methyl sites for hydroxylation is 1. The molecule has 0 saturated carbocycles. The van der Waals surface area contributed by atoms with E-state index in [1.807, 2.05) is 63.3 Å². The predicted octanol–water partition coefficient (Wildman–Crippen LogP) is 5.79. The van der Waals surface area contributed by atoms with Crippen molar-refractivity contribution in [3.8, 4) is 0 Å². The number of cyclic esters (lactones) is 1. The number of ether oxygens (including phenoxy) is 6. The Morgan fingerprint density at radius 3 is 2.41 bits per heavy atom. The number of hydrogen-bond acceptors (Lipinski definition) is 15. The van der Waals surface area contributed by atoms with Crippen LogP contribution in [0, 0.1) is 23.7 Å². The number of methoxy groups -OCH3 is 1. The van der Waals surface area contributed by atoms with Gasteiger partial charge >= 0.3 is 18.0 Å². The fourth-order valence-corrected chi connectivity index (χ4v) is 10.7. The van der Waals surface area contributed by atoms with Crippen LogP contribution in [0.3, 0.4) is 0 Å². The maximum atomic E-state index is 15.0. The number of imidazole rings is 1. The molecule has 3 aliphatic rings. The molecule has 3 saturated heterocycles. The summed E-state index contributed by atoms with van der Waals surface area (Å²) in [6.45, 7) is 18.0. The second kappa shape index (κ2) is 21.6. The van der Waals surface area contributed by atoms with Crippen LogP contribution in [0.15, 0.2) is 49.2 Å². The summed E-state index contributed by atoms with van der Waals surface area (Å²) in [6.07, 6.45) is 2.44. The van der Waals surface area contributed by atoms with Crippen LogP contribution in [0.5, 0.6) is 0 Å². The quantitative estimate of drug-likeness (QED) is 0.116. The van der Waals surface area contributed by atoms with E-state index in [9.17, 15) is 19.5 Å². The summed E-state index contributed by atoms with van der Waals surface area (Å²) in [5.41, 5.74) is -0.552. The maximum absolute atomic E-state index is 15.0. The first-order valence-electron chi connectivity index (χ1n) is 23.7. The number of aliphatic hydroxyl groups excluding tert-OH is 1. The largest absolute Gasteiger partial charge is 0.461 e. The van der Waals surface area contributed by atoms with E-state index in [1.165, 1.54) is 7.11 Å². The number of fused-ring (bicyclic) bond motifs is 2. The lowest BCUT2D eigenvalue weighted by molar-refractivity contribution is -0.302. The lowest BCUT2D eigenvalue weighted by atomic mass is 9.73. The number of unbranched alkanes of at least 4 members (excludes halogenated alkanes) is 1. The molecule has 14 atom stereocenters. The summed E-state index contributed by atoms with van der Waals surface area (Å²) in [6, 6.07) is 6.20. The van der Waals surface area contributed by atoms with Gasteiger partial charge in [-0.1, -0.05) is 40.7 Å². The maximum Gasteiger partial charge on any atom is 0.410 e. The Hall–Kier alpha value is -4.55. The van der Waals surface area contributed by atoms with Gasteiger partial charge < -0.3 is 47.9 Å². The van der Waals surface area contributed by atoms with Crippen LogP contribution in [0.25, 0.3) is 11.2 Å². The highest BCUT2D eigenvalue weighted by Crippen LogP contribution is 2.44. The molecule has 3 aromatic rings. The second-order valence-corrected chi connectivity index (χ2v) is 19.2. The number of Topliss-reactive ketones (excluding diaryl/α,β-unsaturated/α-hetero) is 1. The third-order valence-corrected chi connectivity index (χ3v) is 14.5. The van der Waals surface area contributed by atoms with Crippen LogP contribution in [-0.2, 0) is 55.8 Å². The molecular formula is C49H72N6O11. The molecule has 66 heavy (non-hydrogen) atoms. The summed E-state index contributed by atoms with van der Waals surface area (Å²) in [4.78, 5) is 74.3. The number of likely N-dealkylation sites (N-methyl/N-ethyl adjacent to an activating group) is 1. The molecule has 1 amide bonds.